The monoisotopic (exact) mass is 390 g/mol. The van der Waals surface area contributed by atoms with Crippen LogP contribution in [0.2, 0.25) is 0 Å². The number of carbonyl (C=O) groups is 1. The predicted molar refractivity (Wildman–Crippen MR) is 119 cm³/mol. The number of hydrogen-bond donors (Lipinski definition) is 1. The van der Waals surface area contributed by atoms with Crippen LogP contribution in [0, 0.1) is 0 Å². The number of rotatable bonds is 4. The van der Waals surface area contributed by atoms with Gasteiger partial charge in [-0.1, -0.05) is 91.0 Å². The third-order valence-electron chi connectivity index (χ3n) is 5.19. The van der Waals surface area contributed by atoms with E-state index in [9.17, 15) is 9.90 Å². The second kappa shape index (κ2) is 7.37. The molecule has 5 aromatic rings. The molecule has 0 saturated heterocycles. The lowest BCUT2D eigenvalue weighted by Crippen LogP contribution is -2.01. The highest BCUT2D eigenvalue weighted by Gasteiger charge is 2.22. The van der Waals surface area contributed by atoms with Gasteiger partial charge in [0.05, 0.1) is 5.56 Å². The average Bonchev–Trinajstić information content (AvgIpc) is 3.18. The standard InChI is InChI=1S/C27H18O3/c28-23-17-24-22(16-21(23)26(29)19-12-6-2-7-13-19)25(18-10-4-1-5-11-18)27(30-24)20-14-8-3-9-15-20/h1-17,28H. The van der Waals surface area contributed by atoms with E-state index in [0.29, 0.717) is 16.9 Å². The Morgan fingerprint density at radius 2 is 1.27 bits per heavy atom. The fraction of sp³-hybridized carbons (Fsp3) is 0. The lowest BCUT2D eigenvalue weighted by molar-refractivity contribution is 0.103. The van der Waals surface area contributed by atoms with E-state index in [-0.39, 0.29) is 17.1 Å². The van der Waals surface area contributed by atoms with E-state index in [4.69, 9.17) is 4.42 Å². The molecule has 0 saturated carbocycles. The minimum Gasteiger partial charge on any atom is -0.507 e. The van der Waals surface area contributed by atoms with Gasteiger partial charge in [-0.15, -0.1) is 0 Å². The minimum atomic E-state index is -0.225. The third-order valence-corrected chi connectivity index (χ3v) is 5.19. The molecular weight excluding hydrogens is 372 g/mol. The molecule has 0 amide bonds. The zero-order chi connectivity index (χ0) is 20.5. The first-order chi connectivity index (χ1) is 14.7. The largest absolute Gasteiger partial charge is 0.507 e. The fourth-order valence-electron chi connectivity index (χ4n) is 3.74. The topological polar surface area (TPSA) is 50.4 Å². The van der Waals surface area contributed by atoms with Gasteiger partial charge in [-0.2, -0.15) is 0 Å². The maximum atomic E-state index is 13.0. The summed E-state index contributed by atoms with van der Waals surface area (Å²) in [4.78, 5) is 13.0. The third kappa shape index (κ3) is 3.07. The fourth-order valence-corrected chi connectivity index (χ4v) is 3.74. The second-order valence-electron chi connectivity index (χ2n) is 7.10. The zero-order valence-corrected chi connectivity index (χ0v) is 16.1. The summed E-state index contributed by atoms with van der Waals surface area (Å²) in [6, 6.07) is 32.0. The Labute approximate surface area is 173 Å². The lowest BCUT2D eigenvalue weighted by atomic mass is 9.95. The average molecular weight is 390 g/mol. The van der Waals surface area contributed by atoms with Gasteiger partial charge in [-0.05, 0) is 11.6 Å². The highest BCUT2D eigenvalue weighted by molar-refractivity contribution is 6.14. The maximum absolute atomic E-state index is 13.0. The van der Waals surface area contributed by atoms with Crippen LogP contribution in [0.5, 0.6) is 5.75 Å². The van der Waals surface area contributed by atoms with Crippen molar-refractivity contribution in [2.24, 2.45) is 0 Å². The van der Waals surface area contributed by atoms with E-state index >= 15 is 0 Å². The first kappa shape index (κ1) is 18.0. The summed E-state index contributed by atoms with van der Waals surface area (Å²) in [5, 5.41) is 11.4. The molecule has 5 rings (SSSR count). The molecule has 4 aromatic carbocycles. The van der Waals surface area contributed by atoms with Crippen LogP contribution in [0.1, 0.15) is 15.9 Å². The van der Waals surface area contributed by atoms with Crippen molar-refractivity contribution >= 4 is 16.8 Å². The van der Waals surface area contributed by atoms with Crippen LogP contribution in [0.15, 0.2) is 108 Å². The number of fused-ring (bicyclic) bond motifs is 1. The molecule has 0 fully saturated rings. The Bertz CT molecular complexity index is 1340. The summed E-state index contributed by atoms with van der Waals surface area (Å²) in [6.45, 7) is 0. The van der Waals surface area contributed by atoms with Gasteiger partial charge in [0.25, 0.3) is 0 Å². The minimum absolute atomic E-state index is 0.0932. The van der Waals surface area contributed by atoms with Crippen LogP contribution in [0.3, 0.4) is 0 Å². The predicted octanol–water partition coefficient (Wildman–Crippen LogP) is 6.70. The molecule has 1 heterocycles. The summed E-state index contributed by atoms with van der Waals surface area (Å²) in [7, 11) is 0. The van der Waals surface area contributed by atoms with Crippen LogP contribution < -0.4 is 0 Å². The molecule has 0 bridgehead atoms. The smallest absolute Gasteiger partial charge is 0.196 e. The van der Waals surface area contributed by atoms with Crippen molar-refractivity contribution in [3.63, 3.8) is 0 Å². The summed E-state index contributed by atoms with van der Waals surface area (Å²) < 4.78 is 6.19. The van der Waals surface area contributed by atoms with E-state index in [1.54, 1.807) is 18.2 Å². The molecule has 1 N–H and O–H groups in total. The van der Waals surface area contributed by atoms with Crippen LogP contribution >= 0.6 is 0 Å². The van der Waals surface area contributed by atoms with E-state index in [0.717, 1.165) is 22.1 Å². The van der Waals surface area contributed by atoms with Crippen LogP contribution in [0.25, 0.3) is 33.4 Å². The second-order valence-corrected chi connectivity index (χ2v) is 7.10. The molecule has 0 spiro atoms. The molecular formula is C27H18O3. The highest BCUT2D eigenvalue weighted by Crippen LogP contribution is 2.42. The van der Waals surface area contributed by atoms with Gasteiger partial charge in [0.1, 0.15) is 17.1 Å². The maximum Gasteiger partial charge on any atom is 0.196 e. The summed E-state index contributed by atoms with van der Waals surface area (Å²) in [6.07, 6.45) is 0. The van der Waals surface area contributed by atoms with Gasteiger partial charge < -0.3 is 9.52 Å². The Morgan fingerprint density at radius 3 is 1.90 bits per heavy atom. The van der Waals surface area contributed by atoms with Crippen LogP contribution in [-0.2, 0) is 0 Å². The lowest BCUT2D eigenvalue weighted by Gasteiger charge is -2.06. The zero-order valence-electron chi connectivity index (χ0n) is 16.1. The van der Waals surface area contributed by atoms with E-state index in [1.807, 2.05) is 78.9 Å². The molecule has 0 aliphatic carbocycles. The number of carbonyl (C=O) groups excluding carboxylic acids is 1. The first-order valence-corrected chi connectivity index (χ1v) is 9.72. The quantitative estimate of drug-likeness (QED) is 0.347. The molecule has 144 valence electrons. The highest BCUT2D eigenvalue weighted by atomic mass is 16.3. The van der Waals surface area contributed by atoms with Crippen molar-refractivity contribution in [3.8, 4) is 28.2 Å². The van der Waals surface area contributed by atoms with Crippen molar-refractivity contribution in [2.75, 3.05) is 0 Å². The number of furan rings is 1. The van der Waals surface area contributed by atoms with Gasteiger partial charge in [0.15, 0.2) is 5.78 Å². The van der Waals surface area contributed by atoms with Crippen molar-refractivity contribution in [1.29, 1.82) is 0 Å². The van der Waals surface area contributed by atoms with Gasteiger partial charge in [0, 0.05) is 28.1 Å². The summed E-state index contributed by atoms with van der Waals surface area (Å²) >= 11 is 0. The molecule has 0 atom stereocenters. The number of ketones is 1. The normalized spacial score (nSPS) is 10.9. The van der Waals surface area contributed by atoms with Crippen LogP contribution in [0.4, 0.5) is 0 Å². The van der Waals surface area contributed by atoms with E-state index < -0.39 is 0 Å². The van der Waals surface area contributed by atoms with E-state index in [1.165, 1.54) is 6.07 Å². The van der Waals surface area contributed by atoms with Crippen molar-refractivity contribution in [2.45, 2.75) is 0 Å². The molecule has 1 aromatic heterocycles. The molecule has 3 heteroatoms. The number of phenols is 1. The number of phenolic OH excluding ortho intramolecular Hbond substituents is 1. The molecule has 0 aliphatic heterocycles. The van der Waals surface area contributed by atoms with Crippen LogP contribution in [-0.4, -0.2) is 10.9 Å². The number of benzene rings is 4. The van der Waals surface area contributed by atoms with Crippen molar-refractivity contribution < 1.29 is 14.3 Å². The molecule has 0 unspecified atom stereocenters. The SMILES string of the molecule is O=C(c1ccccc1)c1cc2c(-c3ccccc3)c(-c3ccccc3)oc2cc1O. The molecule has 0 aliphatic rings. The molecule has 0 radical (unpaired) electrons. The van der Waals surface area contributed by atoms with Gasteiger partial charge in [0.2, 0.25) is 0 Å². The van der Waals surface area contributed by atoms with Gasteiger partial charge in [-0.25, -0.2) is 0 Å². The first-order valence-electron chi connectivity index (χ1n) is 9.72. The Balaban J connectivity index is 1.78. The molecule has 3 nitrogen and oxygen atoms in total. The Morgan fingerprint density at radius 1 is 0.700 bits per heavy atom. The number of aromatic hydroxyl groups is 1. The Kier molecular flexibility index (Phi) is 4.41. The van der Waals surface area contributed by atoms with E-state index in [2.05, 4.69) is 0 Å². The van der Waals surface area contributed by atoms with Gasteiger partial charge in [-0.3, -0.25) is 4.79 Å². The Hall–Kier alpha value is -4.11. The number of hydrogen-bond acceptors (Lipinski definition) is 3. The van der Waals surface area contributed by atoms with Crippen molar-refractivity contribution in [1.82, 2.24) is 0 Å². The molecule has 30 heavy (non-hydrogen) atoms. The summed E-state index contributed by atoms with van der Waals surface area (Å²) in [5.41, 5.74) is 4.14. The summed E-state index contributed by atoms with van der Waals surface area (Å²) in [5.74, 6) is 0.390. The van der Waals surface area contributed by atoms with Gasteiger partial charge >= 0.3 is 0 Å². The van der Waals surface area contributed by atoms with Crippen molar-refractivity contribution in [3.05, 3.63) is 114 Å².